The van der Waals surface area contributed by atoms with Gasteiger partial charge in [0.2, 0.25) is 5.91 Å². The highest BCUT2D eigenvalue weighted by Crippen LogP contribution is 2.38. The number of ether oxygens (including phenoxy) is 2. The number of unbranched alkanes of at least 4 members (excludes halogenated alkanes) is 1. The second kappa shape index (κ2) is 9.86. The Kier molecular flexibility index (Phi) is 7.21. The van der Waals surface area contributed by atoms with Crippen molar-refractivity contribution < 1.29 is 19.1 Å². The van der Waals surface area contributed by atoms with Crippen molar-refractivity contribution in [2.75, 3.05) is 30.0 Å². The van der Waals surface area contributed by atoms with Crippen molar-refractivity contribution in [1.82, 2.24) is 0 Å². The predicted octanol–water partition coefficient (Wildman–Crippen LogP) is 5.28. The molecule has 1 N–H and O–H groups in total. The minimum Gasteiger partial charge on any atom is -0.494 e. The van der Waals surface area contributed by atoms with Crippen molar-refractivity contribution >= 4 is 23.2 Å². The molecule has 0 radical (unpaired) electrons. The van der Waals surface area contributed by atoms with Crippen molar-refractivity contribution in [3.05, 3.63) is 48.0 Å². The third kappa shape index (κ3) is 5.37. The summed E-state index contributed by atoms with van der Waals surface area (Å²) in [6.07, 6.45) is 2.90. The molecule has 1 aliphatic rings. The third-order valence-electron chi connectivity index (χ3n) is 5.25. The number of benzene rings is 2. The van der Waals surface area contributed by atoms with Crippen LogP contribution in [-0.2, 0) is 4.79 Å². The Labute approximate surface area is 184 Å². The number of nitrogens with zero attached hydrogens (tertiary/aromatic N) is 1. The van der Waals surface area contributed by atoms with E-state index in [1.807, 2.05) is 32.9 Å². The van der Waals surface area contributed by atoms with Crippen LogP contribution in [0.4, 0.5) is 11.4 Å². The summed E-state index contributed by atoms with van der Waals surface area (Å²) in [5.74, 6) is 1.21. The van der Waals surface area contributed by atoms with E-state index >= 15 is 0 Å². The topological polar surface area (TPSA) is 67.9 Å². The van der Waals surface area contributed by atoms with E-state index in [4.69, 9.17) is 9.47 Å². The smallest absolute Gasteiger partial charge is 0.255 e. The average molecular weight is 425 g/mol. The van der Waals surface area contributed by atoms with Crippen LogP contribution in [0.1, 0.15) is 57.3 Å². The van der Waals surface area contributed by atoms with Gasteiger partial charge in [-0.05, 0) is 69.2 Å². The molecule has 0 fully saturated rings. The summed E-state index contributed by atoms with van der Waals surface area (Å²) in [4.78, 5) is 27.5. The minimum atomic E-state index is -0.613. The first-order chi connectivity index (χ1) is 14.9. The lowest BCUT2D eigenvalue weighted by molar-refractivity contribution is -0.127. The van der Waals surface area contributed by atoms with E-state index in [-0.39, 0.29) is 11.8 Å². The molecular weight excluding hydrogens is 392 g/mol. The summed E-state index contributed by atoms with van der Waals surface area (Å²) in [5.41, 5.74) is 1.23. The van der Waals surface area contributed by atoms with Crippen molar-refractivity contribution in [2.24, 2.45) is 5.41 Å². The molecule has 0 atom stereocenters. The molecule has 6 nitrogen and oxygen atoms in total. The minimum absolute atomic E-state index is 0.0234. The summed E-state index contributed by atoms with van der Waals surface area (Å²) in [6, 6.07) is 12.5. The molecule has 31 heavy (non-hydrogen) atoms. The van der Waals surface area contributed by atoms with Gasteiger partial charge in [-0.15, -0.1) is 0 Å². The van der Waals surface area contributed by atoms with Gasteiger partial charge in [0.15, 0.2) is 0 Å². The molecule has 6 heteroatoms. The maximum absolute atomic E-state index is 13.0. The maximum atomic E-state index is 13.0. The lowest BCUT2D eigenvalue weighted by Crippen LogP contribution is -2.42. The van der Waals surface area contributed by atoms with Crippen LogP contribution < -0.4 is 19.7 Å². The van der Waals surface area contributed by atoms with Gasteiger partial charge in [0.25, 0.3) is 5.91 Å². The van der Waals surface area contributed by atoms with Gasteiger partial charge in [-0.1, -0.05) is 20.3 Å². The molecule has 0 bridgehead atoms. The van der Waals surface area contributed by atoms with Crippen molar-refractivity contribution in [1.29, 1.82) is 0 Å². The number of carbonyl (C=O) groups is 2. The van der Waals surface area contributed by atoms with Crippen molar-refractivity contribution in [3.63, 3.8) is 0 Å². The van der Waals surface area contributed by atoms with Gasteiger partial charge in [0.05, 0.1) is 17.7 Å². The first-order valence-corrected chi connectivity index (χ1v) is 11.0. The standard InChI is InChI=1S/C25H32N2O4/c1-5-7-15-30-20-11-8-18(9-12-20)23(28)26-19-10-13-22-21(16-19)27(14-6-2)24(29)25(3,4)17-31-22/h8-13,16H,5-7,14-15,17H2,1-4H3,(H,26,28). The molecule has 3 rings (SSSR count). The summed E-state index contributed by atoms with van der Waals surface area (Å²) in [7, 11) is 0. The highest BCUT2D eigenvalue weighted by atomic mass is 16.5. The van der Waals surface area contributed by atoms with E-state index in [0.29, 0.717) is 42.4 Å². The molecule has 0 unspecified atom stereocenters. The Morgan fingerprint density at radius 3 is 2.55 bits per heavy atom. The molecule has 0 saturated heterocycles. The van der Waals surface area contributed by atoms with Crippen LogP contribution in [0.2, 0.25) is 0 Å². The second-order valence-electron chi connectivity index (χ2n) is 8.49. The van der Waals surface area contributed by atoms with E-state index in [0.717, 1.165) is 25.0 Å². The molecule has 166 valence electrons. The number of hydrogen-bond donors (Lipinski definition) is 1. The largest absolute Gasteiger partial charge is 0.494 e. The number of anilines is 2. The van der Waals surface area contributed by atoms with Crippen molar-refractivity contribution in [2.45, 2.75) is 47.0 Å². The Hall–Kier alpha value is -3.02. The fourth-order valence-electron chi connectivity index (χ4n) is 3.41. The highest BCUT2D eigenvalue weighted by Gasteiger charge is 2.37. The fraction of sp³-hybridized carbons (Fsp3) is 0.440. The molecular formula is C25H32N2O4. The molecule has 2 aromatic rings. The number of rotatable bonds is 8. The van der Waals surface area contributed by atoms with E-state index in [9.17, 15) is 9.59 Å². The molecule has 2 aromatic carbocycles. The van der Waals surface area contributed by atoms with Gasteiger partial charge in [-0.25, -0.2) is 0 Å². The lowest BCUT2D eigenvalue weighted by atomic mass is 9.93. The summed E-state index contributed by atoms with van der Waals surface area (Å²) >= 11 is 0. The normalized spacial score (nSPS) is 15.0. The van der Waals surface area contributed by atoms with Gasteiger partial charge in [-0.2, -0.15) is 0 Å². The summed E-state index contributed by atoms with van der Waals surface area (Å²) < 4.78 is 11.6. The monoisotopic (exact) mass is 424 g/mol. The molecule has 1 aliphatic heterocycles. The molecule has 0 aromatic heterocycles. The summed E-state index contributed by atoms with van der Waals surface area (Å²) in [6.45, 7) is 9.51. The lowest BCUT2D eigenvalue weighted by Gasteiger charge is -2.27. The zero-order valence-corrected chi connectivity index (χ0v) is 18.9. The number of amides is 2. The van der Waals surface area contributed by atoms with Crippen LogP contribution in [0.3, 0.4) is 0 Å². The van der Waals surface area contributed by atoms with E-state index < -0.39 is 5.41 Å². The molecule has 2 amide bonds. The van der Waals surface area contributed by atoms with Crippen LogP contribution >= 0.6 is 0 Å². The second-order valence-corrected chi connectivity index (χ2v) is 8.49. The number of carbonyl (C=O) groups excluding carboxylic acids is 2. The Morgan fingerprint density at radius 2 is 1.87 bits per heavy atom. The SMILES string of the molecule is CCCCOc1ccc(C(=O)Nc2ccc3c(c2)N(CCC)C(=O)C(C)(C)CO3)cc1. The van der Waals surface area contributed by atoms with Crippen LogP contribution in [0, 0.1) is 5.41 Å². The number of hydrogen-bond acceptors (Lipinski definition) is 4. The van der Waals surface area contributed by atoms with E-state index in [2.05, 4.69) is 12.2 Å². The van der Waals surface area contributed by atoms with Gasteiger partial charge < -0.3 is 19.7 Å². The predicted molar refractivity (Wildman–Crippen MR) is 123 cm³/mol. The summed E-state index contributed by atoms with van der Waals surface area (Å²) in [5, 5.41) is 2.93. The Bertz CT molecular complexity index is 922. The van der Waals surface area contributed by atoms with Crippen LogP contribution in [0.15, 0.2) is 42.5 Å². The first kappa shape index (κ1) is 22.7. The number of fused-ring (bicyclic) bond motifs is 1. The van der Waals surface area contributed by atoms with Crippen LogP contribution in [0.5, 0.6) is 11.5 Å². The first-order valence-electron chi connectivity index (χ1n) is 11.0. The van der Waals surface area contributed by atoms with Gasteiger partial charge >= 0.3 is 0 Å². The van der Waals surface area contributed by atoms with Crippen molar-refractivity contribution in [3.8, 4) is 11.5 Å². The quantitative estimate of drug-likeness (QED) is 0.586. The maximum Gasteiger partial charge on any atom is 0.255 e. The van der Waals surface area contributed by atoms with Gasteiger partial charge in [-0.3, -0.25) is 9.59 Å². The van der Waals surface area contributed by atoms with E-state index in [1.165, 1.54) is 0 Å². The zero-order chi connectivity index (χ0) is 22.4. The Morgan fingerprint density at radius 1 is 1.13 bits per heavy atom. The van der Waals surface area contributed by atoms with Gasteiger partial charge in [0.1, 0.15) is 18.1 Å². The number of nitrogens with one attached hydrogen (secondary N) is 1. The molecule has 1 heterocycles. The van der Waals surface area contributed by atoms with Gasteiger partial charge in [0, 0.05) is 17.8 Å². The third-order valence-corrected chi connectivity index (χ3v) is 5.25. The fourth-order valence-corrected chi connectivity index (χ4v) is 3.41. The Balaban J connectivity index is 1.77. The molecule has 0 saturated carbocycles. The molecule has 0 aliphatic carbocycles. The van der Waals surface area contributed by atoms with E-state index in [1.54, 1.807) is 35.2 Å². The average Bonchev–Trinajstić information content (AvgIpc) is 2.85. The van der Waals surface area contributed by atoms with Crippen LogP contribution in [-0.4, -0.2) is 31.6 Å². The zero-order valence-electron chi connectivity index (χ0n) is 18.9. The van der Waals surface area contributed by atoms with Crippen LogP contribution in [0.25, 0.3) is 0 Å². The molecule has 0 spiro atoms. The highest BCUT2D eigenvalue weighted by molar-refractivity contribution is 6.05.